The lowest BCUT2D eigenvalue weighted by Gasteiger charge is -2.25. The van der Waals surface area contributed by atoms with Crippen LogP contribution in [0.1, 0.15) is 25.0 Å². The van der Waals surface area contributed by atoms with E-state index in [-0.39, 0.29) is 23.7 Å². The van der Waals surface area contributed by atoms with Gasteiger partial charge >= 0.3 is 0 Å². The van der Waals surface area contributed by atoms with Gasteiger partial charge < -0.3 is 11.1 Å². The van der Waals surface area contributed by atoms with E-state index in [1.807, 2.05) is 42.5 Å². The molecule has 0 fully saturated rings. The summed E-state index contributed by atoms with van der Waals surface area (Å²) in [6.45, 7) is 4.88. The Labute approximate surface area is 138 Å². The van der Waals surface area contributed by atoms with Crippen LogP contribution in [0.5, 0.6) is 0 Å². The predicted octanol–water partition coefficient (Wildman–Crippen LogP) is 3.33. The highest BCUT2D eigenvalue weighted by Gasteiger charge is 2.20. The Kier molecular flexibility index (Phi) is 6.44. The molecule has 0 aliphatic heterocycles. The molecule has 3 nitrogen and oxygen atoms in total. The maximum Gasteiger partial charge on any atom is 0.224 e. The number of anilines is 1. The second-order valence-corrected chi connectivity index (χ2v) is 5.94. The third-order valence-corrected chi connectivity index (χ3v) is 3.63. The molecule has 4 heteroatoms. The zero-order chi connectivity index (χ0) is 15.3. The second kappa shape index (κ2) is 7.85. The van der Waals surface area contributed by atoms with E-state index in [1.165, 1.54) is 5.56 Å². The summed E-state index contributed by atoms with van der Waals surface area (Å²) in [7, 11) is 0. The molecule has 1 amide bonds. The van der Waals surface area contributed by atoms with Crippen molar-refractivity contribution in [2.75, 3.05) is 12.3 Å². The zero-order valence-electron chi connectivity index (χ0n) is 13.0. The number of nitrogen functional groups attached to an aromatic ring is 1. The van der Waals surface area contributed by atoms with E-state index in [1.54, 1.807) is 0 Å². The molecular formula is C18H23ClN2O. The number of amides is 1. The van der Waals surface area contributed by atoms with Crippen LogP contribution in [0.15, 0.2) is 54.6 Å². The summed E-state index contributed by atoms with van der Waals surface area (Å²) in [6.07, 6.45) is 0.380. The van der Waals surface area contributed by atoms with E-state index < -0.39 is 0 Å². The van der Waals surface area contributed by atoms with E-state index >= 15 is 0 Å². The minimum Gasteiger partial charge on any atom is -0.399 e. The highest BCUT2D eigenvalue weighted by atomic mass is 35.5. The van der Waals surface area contributed by atoms with E-state index in [2.05, 4.69) is 31.3 Å². The van der Waals surface area contributed by atoms with E-state index in [4.69, 9.17) is 5.73 Å². The van der Waals surface area contributed by atoms with Gasteiger partial charge in [-0.15, -0.1) is 12.4 Å². The second-order valence-electron chi connectivity index (χ2n) is 5.94. The zero-order valence-corrected chi connectivity index (χ0v) is 13.8. The van der Waals surface area contributed by atoms with Crippen molar-refractivity contribution in [2.45, 2.75) is 25.7 Å². The summed E-state index contributed by atoms with van der Waals surface area (Å²) in [5.41, 5.74) is 8.46. The summed E-state index contributed by atoms with van der Waals surface area (Å²) >= 11 is 0. The molecule has 2 aromatic carbocycles. The standard InChI is InChI=1S/C18H22N2O.ClH/c1-18(2,15-6-4-3-5-7-15)13-20-17(21)12-14-8-10-16(19)11-9-14;/h3-11H,12-13,19H2,1-2H3,(H,20,21);1H. The first-order valence-corrected chi connectivity index (χ1v) is 7.14. The first-order chi connectivity index (χ1) is 9.97. The molecule has 0 heterocycles. The Morgan fingerprint density at radius 2 is 1.64 bits per heavy atom. The molecule has 0 radical (unpaired) electrons. The van der Waals surface area contributed by atoms with E-state index in [0.29, 0.717) is 18.7 Å². The molecule has 0 atom stereocenters. The van der Waals surface area contributed by atoms with Gasteiger partial charge in [-0.1, -0.05) is 56.3 Å². The topological polar surface area (TPSA) is 55.1 Å². The first kappa shape index (κ1) is 18.1. The fourth-order valence-corrected chi connectivity index (χ4v) is 2.19. The molecule has 0 unspecified atom stereocenters. The molecule has 2 rings (SSSR count). The average Bonchev–Trinajstić information content (AvgIpc) is 2.49. The molecule has 0 aliphatic rings. The lowest BCUT2D eigenvalue weighted by Crippen LogP contribution is -2.37. The van der Waals surface area contributed by atoms with Crippen molar-refractivity contribution in [3.8, 4) is 0 Å². The molecule has 118 valence electrons. The monoisotopic (exact) mass is 318 g/mol. The summed E-state index contributed by atoms with van der Waals surface area (Å²) < 4.78 is 0. The number of rotatable bonds is 5. The van der Waals surface area contributed by atoms with Crippen molar-refractivity contribution in [2.24, 2.45) is 0 Å². The summed E-state index contributed by atoms with van der Waals surface area (Å²) in [5, 5.41) is 3.01. The molecular weight excluding hydrogens is 296 g/mol. The largest absolute Gasteiger partial charge is 0.399 e. The van der Waals surface area contributed by atoms with Gasteiger partial charge in [0.15, 0.2) is 0 Å². The van der Waals surface area contributed by atoms with Crippen LogP contribution in [-0.4, -0.2) is 12.5 Å². The van der Waals surface area contributed by atoms with Gasteiger partial charge in [-0.2, -0.15) is 0 Å². The lowest BCUT2D eigenvalue weighted by molar-refractivity contribution is -0.120. The van der Waals surface area contributed by atoms with Crippen LogP contribution < -0.4 is 11.1 Å². The summed E-state index contributed by atoms with van der Waals surface area (Å²) in [4.78, 5) is 12.0. The molecule has 0 aromatic heterocycles. The van der Waals surface area contributed by atoms with Gasteiger partial charge in [-0.3, -0.25) is 4.79 Å². The molecule has 2 aromatic rings. The maximum atomic E-state index is 12.0. The number of carbonyl (C=O) groups is 1. The van der Waals surface area contributed by atoms with Crippen molar-refractivity contribution in [3.05, 3.63) is 65.7 Å². The Balaban J connectivity index is 0.00000242. The molecule has 0 saturated heterocycles. The first-order valence-electron chi connectivity index (χ1n) is 7.14. The number of hydrogen-bond acceptors (Lipinski definition) is 2. The van der Waals surface area contributed by atoms with Crippen LogP contribution in [0.25, 0.3) is 0 Å². The van der Waals surface area contributed by atoms with Gasteiger partial charge in [0.2, 0.25) is 5.91 Å². The number of halogens is 1. The Bertz CT molecular complexity index is 594. The Morgan fingerprint density at radius 1 is 1.05 bits per heavy atom. The fourth-order valence-electron chi connectivity index (χ4n) is 2.19. The number of benzene rings is 2. The van der Waals surface area contributed by atoms with Crippen LogP contribution >= 0.6 is 12.4 Å². The Hall–Kier alpha value is -2.00. The number of nitrogens with two attached hydrogens (primary N) is 1. The molecule has 0 aliphatic carbocycles. The lowest BCUT2D eigenvalue weighted by atomic mass is 9.84. The van der Waals surface area contributed by atoms with E-state index in [9.17, 15) is 4.79 Å². The summed E-state index contributed by atoms with van der Waals surface area (Å²) in [5.74, 6) is 0.0313. The van der Waals surface area contributed by atoms with Crippen LogP contribution in [0.4, 0.5) is 5.69 Å². The van der Waals surface area contributed by atoms with Crippen LogP contribution in [0, 0.1) is 0 Å². The quantitative estimate of drug-likeness (QED) is 0.831. The minimum absolute atomic E-state index is 0. The van der Waals surface area contributed by atoms with Gasteiger partial charge in [0.25, 0.3) is 0 Å². The van der Waals surface area contributed by atoms with Crippen molar-refractivity contribution >= 4 is 24.0 Å². The van der Waals surface area contributed by atoms with Gasteiger partial charge in [0.05, 0.1) is 6.42 Å². The van der Waals surface area contributed by atoms with Gasteiger partial charge in [-0.25, -0.2) is 0 Å². The fraction of sp³-hybridized carbons (Fsp3) is 0.278. The number of nitrogens with one attached hydrogen (secondary N) is 1. The van der Waals surface area contributed by atoms with Gasteiger partial charge in [0.1, 0.15) is 0 Å². The normalized spacial score (nSPS) is 10.6. The van der Waals surface area contributed by atoms with Crippen molar-refractivity contribution in [3.63, 3.8) is 0 Å². The Morgan fingerprint density at radius 3 is 2.23 bits per heavy atom. The third kappa shape index (κ3) is 5.08. The molecule has 0 spiro atoms. The highest BCUT2D eigenvalue weighted by molar-refractivity contribution is 5.85. The van der Waals surface area contributed by atoms with Crippen LogP contribution in [0.3, 0.4) is 0 Å². The molecule has 22 heavy (non-hydrogen) atoms. The summed E-state index contributed by atoms with van der Waals surface area (Å²) in [6, 6.07) is 17.6. The van der Waals surface area contributed by atoms with Crippen molar-refractivity contribution in [1.82, 2.24) is 5.32 Å². The predicted molar refractivity (Wildman–Crippen MR) is 94.3 cm³/mol. The molecule has 0 saturated carbocycles. The maximum absolute atomic E-state index is 12.0. The van der Waals surface area contributed by atoms with Gasteiger partial charge in [0, 0.05) is 17.6 Å². The number of hydrogen-bond donors (Lipinski definition) is 2. The average molecular weight is 319 g/mol. The minimum atomic E-state index is -0.0853. The smallest absolute Gasteiger partial charge is 0.224 e. The van der Waals surface area contributed by atoms with Crippen LogP contribution in [0.2, 0.25) is 0 Å². The molecule has 3 N–H and O–H groups in total. The highest BCUT2D eigenvalue weighted by Crippen LogP contribution is 2.21. The van der Waals surface area contributed by atoms with Gasteiger partial charge in [-0.05, 0) is 23.3 Å². The van der Waals surface area contributed by atoms with Crippen LogP contribution in [-0.2, 0) is 16.6 Å². The SMILES string of the molecule is CC(C)(CNC(=O)Cc1ccc(N)cc1)c1ccccc1.Cl. The molecule has 0 bridgehead atoms. The van der Waals surface area contributed by atoms with Crippen molar-refractivity contribution in [1.29, 1.82) is 0 Å². The third-order valence-electron chi connectivity index (χ3n) is 3.63. The number of carbonyl (C=O) groups excluding carboxylic acids is 1. The van der Waals surface area contributed by atoms with Crippen molar-refractivity contribution < 1.29 is 4.79 Å². The van der Waals surface area contributed by atoms with E-state index in [0.717, 1.165) is 5.56 Å².